The largest absolute Gasteiger partial charge is 0.454 e. The summed E-state index contributed by atoms with van der Waals surface area (Å²) in [4.78, 5) is 14.6. The van der Waals surface area contributed by atoms with E-state index in [2.05, 4.69) is 370 Å². The van der Waals surface area contributed by atoms with Crippen molar-refractivity contribution in [2.24, 2.45) is 0 Å². The zero-order valence-corrected chi connectivity index (χ0v) is 55.8. The Morgan fingerprint density at radius 1 is 0.255 bits per heavy atom. The minimum atomic E-state index is -0.196. The second-order valence-electron chi connectivity index (χ2n) is 27.1. The normalized spacial score (nSPS) is 13.2. The molecular weight excluding hydrogens is 1260 g/mol. The third-order valence-corrected chi connectivity index (χ3v) is 22.6. The van der Waals surface area contributed by atoms with Crippen LogP contribution in [-0.4, -0.2) is 13.4 Å². The van der Waals surface area contributed by atoms with Crippen LogP contribution in [0.25, 0.3) is 65.4 Å². The van der Waals surface area contributed by atoms with E-state index in [0.29, 0.717) is 0 Å². The zero-order chi connectivity index (χ0) is 66.7. The van der Waals surface area contributed by atoms with Gasteiger partial charge in [-0.2, -0.15) is 0 Å². The maximum absolute atomic E-state index is 7.55. The average Bonchev–Trinajstić information content (AvgIpc) is 0.967. The molecule has 0 radical (unpaired) electrons. The van der Waals surface area contributed by atoms with Crippen molar-refractivity contribution in [2.75, 3.05) is 24.5 Å². The molecule has 0 saturated carbocycles. The van der Waals surface area contributed by atoms with E-state index < -0.39 is 0 Å². The maximum Gasteiger partial charge on any atom is 0.252 e. The van der Waals surface area contributed by atoms with Gasteiger partial charge in [0, 0.05) is 105 Å². The molecule has 102 heavy (non-hydrogen) atoms. The summed E-state index contributed by atoms with van der Waals surface area (Å²) < 4.78 is 15.0. The van der Waals surface area contributed by atoms with Crippen LogP contribution in [0.5, 0.6) is 0 Å². The van der Waals surface area contributed by atoms with Gasteiger partial charge in [0.1, 0.15) is 11.2 Å². The number of furan rings is 2. The first kappa shape index (κ1) is 57.1. The van der Waals surface area contributed by atoms with Gasteiger partial charge in [-0.1, -0.05) is 199 Å². The first-order valence-electron chi connectivity index (χ1n) is 34.9. The number of hydrogen-bond acceptors (Lipinski definition) is 8. The van der Waals surface area contributed by atoms with Crippen molar-refractivity contribution in [1.29, 1.82) is 0 Å². The van der Waals surface area contributed by atoms with Crippen molar-refractivity contribution in [3.8, 4) is 0 Å². The Kier molecular flexibility index (Phi) is 12.5. The molecule has 474 valence electrons. The van der Waals surface area contributed by atoms with Gasteiger partial charge in [0.15, 0.2) is 11.2 Å². The summed E-state index contributed by atoms with van der Waals surface area (Å²) in [5, 5.41) is 8.75. The Bertz CT molecular complexity index is 6380. The van der Waals surface area contributed by atoms with Crippen LogP contribution < -0.4 is 57.3 Å². The van der Waals surface area contributed by atoms with Crippen molar-refractivity contribution in [3.63, 3.8) is 0 Å². The van der Waals surface area contributed by atoms with Gasteiger partial charge in [0.25, 0.3) is 6.71 Å². The van der Waals surface area contributed by atoms with Crippen molar-refractivity contribution in [3.05, 3.63) is 346 Å². The van der Waals surface area contributed by atoms with Crippen LogP contribution in [0, 0.1) is 0 Å². The molecule has 0 aliphatic carbocycles. The summed E-state index contributed by atoms with van der Waals surface area (Å²) in [5.41, 5.74) is 27.3. The van der Waals surface area contributed by atoms with Crippen LogP contribution in [0.1, 0.15) is 0 Å². The fourth-order valence-electron chi connectivity index (χ4n) is 17.2. The van der Waals surface area contributed by atoms with Crippen LogP contribution in [0.2, 0.25) is 0 Å². The quantitative estimate of drug-likeness (QED) is 0.132. The highest BCUT2D eigenvalue weighted by molar-refractivity contribution is 8.00. The topological polar surface area (TPSA) is 42.5 Å². The van der Waals surface area contributed by atoms with Gasteiger partial charge in [-0.15, -0.1) is 0 Å². The lowest BCUT2D eigenvalue weighted by Gasteiger charge is -2.45. The van der Waals surface area contributed by atoms with Gasteiger partial charge in [-0.25, -0.2) is 0 Å². The molecule has 0 atom stereocenters. The first-order valence-corrected chi connectivity index (χ1v) is 35.8. The van der Waals surface area contributed by atoms with Crippen LogP contribution in [0.15, 0.2) is 364 Å². The molecule has 0 amide bonds. The molecule has 4 aliphatic rings. The summed E-state index contributed by atoms with van der Waals surface area (Å²) in [7, 11) is 0. The van der Waals surface area contributed by atoms with Gasteiger partial charge in [0.05, 0.1) is 11.4 Å². The van der Waals surface area contributed by atoms with Crippen molar-refractivity contribution in [2.45, 2.75) is 9.79 Å². The number of para-hydroxylation sites is 9. The SMILES string of the molecule is c1ccc(N(c2ccccc2)c2ccc3cc4oc5c6c7c(cc5c4cc3c2)Sc2cc3c(cc2B7c2ccccc2N6c2ccccc2)B2c4ccccc4N(c4ccccc4)c4c2c(cc2c4oc4cc5ccc(N(c6ccccc6)c6ccccc6)cc5cc42)N3c2ccccc2)cc1. The maximum atomic E-state index is 7.55. The molecule has 7 nitrogen and oxygen atoms in total. The van der Waals surface area contributed by atoms with Gasteiger partial charge < -0.3 is 33.3 Å². The van der Waals surface area contributed by atoms with Crippen molar-refractivity contribution in [1.82, 2.24) is 0 Å². The molecule has 0 N–H and O–H groups in total. The second-order valence-corrected chi connectivity index (χ2v) is 28.2. The van der Waals surface area contributed by atoms with Gasteiger partial charge >= 0.3 is 0 Å². The third-order valence-electron chi connectivity index (χ3n) is 21.5. The van der Waals surface area contributed by atoms with E-state index in [0.717, 1.165) is 151 Å². The number of nitrogens with zero attached hydrogens (tertiary/aromatic N) is 5. The van der Waals surface area contributed by atoms with Gasteiger partial charge in [-0.05, 0) is 213 Å². The first-order chi connectivity index (χ1) is 50.6. The summed E-state index contributed by atoms with van der Waals surface area (Å²) >= 11 is 1.89. The standard InChI is InChI=1S/C92H57B2N5O2S/c1-8-26-62(27-9-1)95(63-28-10-2-11-29-63)69-46-44-58-52-83-71(50-60(58)48-69)73-54-82-87-89(91(73)100-83)98(67-36-18-6-19-37-67)79-42-24-22-40-75(79)93(87)77-56-78-85(57-81(77)97(82)66-34-16-5-17-35-66)102-86-55-74-72-51-61-49-70(96(64-30-12-3-13-31-64)65-32-14-4-15-33-65)47-45-59(61)53-84(72)101-92(74)90-88(86)94(78)76-41-23-25-43-80(76)99(90)68-38-20-7-21-39-68/h1-57H. The lowest BCUT2D eigenvalue weighted by atomic mass is 9.31. The predicted octanol–water partition coefficient (Wildman–Crippen LogP) is 21.6. The molecule has 4 aliphatic heterocycles. The molecule has 0 fully saturated rings. The summed E-state index contributed by atoms with van der Waals surface area (Å²) in [5.74, 6) is 0. The molecule has 0 saturated heterocycles. The number of anilines is 15. The zero-order valence-electron chi connectivity index (χ0n) is 55.0. The van der Waals surface area contributed by atoms with E-state index in [9.17, 15) is 0 Å². The number of benzene rings is 16. The number of rotatable bonds is 9. The van der Waals surface area contributed by atoms with Crippen molar-refractivity contribution >= 4 is 209 Å². The lowest BCUT2D eigenvalue weighted by Crippen LogP contribution is -2.64. The smallest absolute Gasteiger partial charge is 0.252 e. The summed E-state index contributed by atoms with van der Waals surface area (Å²) in [6.07, 6.45) is 0. The van der Waals surface area contributed by atoms with Crippen molar-refractivity contribution < 1.29 is 8.83 Å². The Labute approximate surface area is 593 Å². The second kappa shape index (κ2) is 22.3. The Balaban J connectivity index is 0.784. The van der Waals surface area contributed by atoms with Crippen LogP contribution in [-0.2, 0) is 0 Å². The molecule has 0 spiro atoms. The highest BCUT2D eigenvalue weighted by Crippen LogP contribution is 2.53. The number of hydrogen-bond donors (Lipinski definition) is 0. The van der Waals surface area contributed by atoms with Gasteiger partial charge in [0.2, 0.25) is 6.71 Å². The summed E-state index contributed by atoms with van der Waals surface area (Å²) in [6, 6.07) is 127. The molecule has 0 bridgehead atoms. The molecule has 0 unspecified atom stereocenters. The van der Waals surface area contributed by atoms with Gasteiger partial charge in [-0.3, -0.25) is 0 Å². The monoisotopic (exact) mass is 1320 g/mol. The Morgan fingerprint density at radius 3 is 1.13 bits per heavy atom. The lowest BCUT2D eigenvalue weighted by molar-refractivity contribution is 0.669. The van der Waals surface area contributed by atoms with E-state index >= 15 is 0 Å². The molecule has 18 aromatic rings. The fourth-order valence-corrected chi connectivity index (χ4v) is 18.4. The minimum absolute atomic E-state index is 0.153. The van der Waals surface area contributed by atoms with E-state index in [1.165, 1.54) is 42.6 Å². The predicted molar refractivity (Wildman–Crippen MR) is 429 cm³/mol. The average molecular weight is 1320 g/mol. The molecule has 2 aromatic heterocycles. The highest BCUT2D eigenvalue weighted by atomic mass is 32.2. The van der Waals surface area contributed by atoms with E-state index in [1.807, 2.05) is 11.8 Å². The molecule has 6 heterocycles. The van der Waals surface area contributed by atoms with E-state index in [1.54, 1.807) is 0 Å². The van der Waals surface area contributed by atoms with Crippen LogP contribution in [0.3, 0.4) is 0 Å². The summed E-state index contributed by atoms with van der Waals surface area (Å²) in [6.45, 7) is -0.349. The molecular formula is C92H57B2N5O2S. The molecule has 10 heteroatoms. The molecule has 22 rings (SSSR count). The Hall–Kier alpha value is -12.9. The van der Waals surface area contributed by atoms with Crippen LogP contribution in [0.4, 0.5) is 85.3 Å². The van der Waals surface area contributed by atoms with Crippen LogP contribution >= 0.6 is 11.8 Å². The van der Waals surface area contributed by atoms with E-state index in [-0.39, 0.29) is 13.4 Å². The van der Waals surface area contributed by atoms with E-state index in [4.69, 9.17) is 8.83 Å². The third kappa shape index (κ3) is 8.54. The minimum Gasteiger partial charge on any atom is -0.454 e. The Morgan fingerprint density at radius 2 is 0.657 bits per heavy atom. The molecule has 16 aromatic carbocycles. The highest BCUT2D eigenvalue weighted by Gasteiger charge is 2.49. The number of fused-ring (bicyclic) bond motifs is 18. The fraction of sp³-hybridized carbons (Fsp3) is 0.